The van der Waals surface area contributed by atoms with Gasteiger partial charge in [-0.15, -0.1) is 0 Å². The lowest BCUT2D eigenvalue weighted by atomic mass is 10.1. The highest BCUT2D eigenvalue weighted by Crippen LogP contribution is 2.29. The summed E-state index contributed by atoms with van der Waals surface area (Å²) in [5, 5.41) is 1.05. The van der Waals surface area contributed by atoms with Crippen LogP contribution in [0.3, 0.4) is 0 Å². The Balaban J connectivity index is 1.44. The van der Waals surface area contributed by atoms with E-state index in [1.54, 1.807) is 27.9 Å². The van der Waals surface area contributed by atoms with E-state index in [0.29, 0.717) is 18.9 Å². The van der Waals surface area contributed by atoms with Crippen LogP contribution in [0, 0.1) is 6.92 Å². The van der Waals surface area contributed by atoms with Crippen molar-refractivity contribution in [2.75, 3.05) is 13.1 Å². The Labute approximate surface area is 210 Å². The van der Waals surface area contributed by atoms with Crippen LogP contribution in [0.15, 0.2) is 53.6 Å². The van der Waals surface area contributed by atoms with E-state index in [9.17, 15) is 9.59 Å². The van der Waals surface area contributed by atoms with Crippen molar-refractivity contribution in [3.05, 3.63) is 76.0 Å². The number of carbonyl (C=O) groups excluding carboxylic acids is 1. The van der Waals surface area contributed by atoms with Crippen molar-refractivity contribution in [1.82, 2.24) is 24.0 Å². The summed E-state index contributed by atoms with van der Waals surface area (Å²) in [6, 6.07) is 11.3. The van der Waals surface area contributed by atoms with Crippen LogP contribution >= 0.6 is 0 Å². The summed E-state index contributed by atoms with van der Waals surface area (Å²) < 4.78 is 9.22. The van der Waals surface area contributed by atoms with E-state index < -0.39 is 5.60 Å². The predicted molar refractivity (Wildman–Crippen MR) is 139 cm³/mol. The molecule has 5 rings (SSSR count). The zero-order valence-corrected chi connectivity index (χ0v) is 21.4. The molecule has 0 atom stereocenters. The molecule has 0 unspecified atom stereocenters. The second kappa shape index (κ2) is 8.93. The molecule has 1 amide bonds. The van der Waals surface area contributed by atoms with E-state index in [4.69, 9.17) is 9.72 Å². The maximum atomic E-state index is 13.0. The predicted octanol–water partition coefficient (Wildman–Crippen LogP) is 4.43. The van der Waals surface area contributed by atoms with E-state index >= 15 is 0 Å². The summed E-state index contributed by atoms with van der Waals surface area (Å²) in [5.74, 6) is 0.571. The first-order valence-electron chi connectivity index (χ1n) is 12.2. The molecule has 1 aliphatic heterocycles. The van der Waals surface area contributed by atoms with Gasteiger partial charge >= 0.3 is 6.09 Å². The molecule has 0 bridgehead atoms. The van der Waals surface area contributed by atoms with Crippen molar-refractivity contribution in [1.29, 1.82) is 0 Å². The minimum absolute atomic E-state index is 0.162. The number of hydrogen-bond acceptors (Lipinski definition) is 5. The van der Waals surface area contributed by atoms with Gasteiger partial charge < -0.3 is 14.2 Å². The van der Waals surface area contributed by atoms with Crippen LogP contribution in [0.5, 0.6) is 0 Å². The molecule has 0 radical (unpaired) electrons. The van der Waals surface area contributed by atoms with E-state index in [1.807, 2.05) is 65.1 Å². The van der Waals surface area contributed by atoms with Crippen LogP contribution in [0.4, 0.5) is 4.79 Å². The van der Waals surface area contributed by atoms with Crippen molar-refractivity contribution in [2.24, 2.45) is 7.05 Å². The summed E-state index contributed by atoms with van der Waals surface area (Å²) in [5.41, 5.74) is 5.13. The standard InChI is InChI=1S/C28H31N5O3/c1-18-6-8-22(29-17-18)19-10-15-33(25(34)16-19)24-9-7-21-20-11-13-32(27(35)36-28(2,3)4)14-12-23(20)31(5)26(21)30-24/h6-10,15-17H,11-14H2,1-5H3. The number of rotatable bonds is 2. The summed E-state index contributed by atoms with van der Waals surface area (Å²) >= 11 is 0. The fraction of sp³-hybridized carbons (Fsp3) is 0.357. The van der Waals surface area contributed by atoms with Crippen molar-refractivity contribution in [2.45, 2.75) is 46.1 Å². The molecule has 0 saturated heterocycles. The Morgan fingerprint density at radius 2 is 1.83 bits per heavy atom. The molecule has 36 heavy (non-hydrogen) atoms. The van der Waals surface area contributed by atoms with E-state index in [2.05, 4.69) is 9.55 Å². The van der Waals surface area contributed by atoms with Crippen LogP contribution in [0.2, 0.25) is 0 Å². The monoisotopic (exact) mass is 485 g/mol. The Morgan fingerprint density at radius 3 is 2.53 bits per heavy atom. The lowest BCUT2D eigenvalue weighted by Gasteiger charge is -2.26. The summed E-state index contributed by atoms with van der Waals surface area (Å²) in [6.45, 7) is 8.81. The van der Waals surface area contributed by atoms with Crippen molar-refractivity contribution in [3.8, 4) is 17.1 Å². The normalized spacial score (nSPS) is 14.0. The number of hydrogen-bond donors (Lipinski definition) is 0. The van der Waals surface area contributed by atoms with Gasteiger partial charge in [-0.1, -0.05) is 6.07 Å². The third kappa shape index (κ3) is 4.51. The Bertz CT molecular complexity index is 1510. The van der Waals surface area contributed by atoms with Gasteiger partial charge in [0.05, 0.1) is 5.69 Å². The quantitative estimate of drug-likeness (QED) is 0.420. The molecule has 8 heteroatoms. The van der Waals surface area contributed by atoms with Crippen LogP contribution < -0.4 is 5.56 Å². The lowest BCUT2D eigenvalue weighted by molar-refractivity contribution is 0.0258. The molecule has 0 saturated carbocycles. The number of pyridine rings is 3. The highest BCUT2D eigenvalue weighted by Gasteiger charge is 2.27. The number of ether oxygens (including phenoxy) is 1. The average Bonchev–Trinajstić information content (AvgIpc) is 2.96. The molecule has 4 aromatic rings. The van der Waals surface area contributed by atoms with E-state index in [-0.39, 0.29) is 11.7 Å². The first kappa shape index (κ1) is 23.8. The molecule has 0 fully saturated rings. The molecule has 1 aliphatic rings. The molecule has 4 aromatic heterocycles. The van der Waals surface area contributed by atoms with Gasteiger partial charge in [0, 0.05) is 61.7 Å². The summed E-state index contributed by atoms with van der Waals surface area (Å²) in [4.78, 5) is 36.6. The zero-order chi connectivity index (χ0) is 25.6. The largest absolute Gasteiger partial charge is 0.444 e. The molecule has 5 heterocycles. The molecule has 0 N–H and O–H groups in total. The molecule has 0 aliphatic carbocycles. The van der Waals surface area contributed by atoms with Gasteiger partial charge in [0.2, 0.25) is 0 Å². The number of fused-ring (bicyclic) bond motifs is 3. The molecule has 186 valence electrons. The molecule has 0 aromatic carbocycles. The van der Waals surface area contributed by atoms with Crippen LogP contribution in [-0.4, -0.2) is 48.8 Å². The fourth-order valence-electron chi connectivity index (χ4n) is 4.72. The third-order valence-electron chi connectivity index (χ3n) is 6.53. The molecular formula is C28H31N5O3. The third-order valence-corrected chi connectivity index (χ3v) is 6.53. The van der Waals surface area contributed by atoms with Gasteiger partial charge in [-0.2, -0.15) is 0 Å². The topological polar surface area (TPSA) is 82.3 Å². The summed E-state index contributed by atoms with van der Waals surface area (Å²) in [6.07, 6.45) is 4.71. The van der Waals surface area contributed by atoms with Crippen LogP contribution in [-0.2, 0) is 24.6 Å². The zero-order valence-electron chi connectivity index (χ0n) is 21.4. The summed E-state index contributed by atoms with van der Waals surface area (Å²) in [7, 11) is 2.00. The number of amides is 1. The second-order valence-corrected chi connectivity index (χ2v) is 10.3. The molecular weight excluding hydrogens is 454 g/mol. The highest BCUT2D eigenvalue weighted by atomic mass is 16.6. The number of carbonyl (C=O) groups is 1. The SMILES string of the molecule is Cc1ccc(-c2ccn(-c3ccc4c5c(n(C)c4n3)CCN(C(=O)OC(C)(C)C)CC5)c(=O)c2)nc1. The number of nitrogens with zero attached hydrogens (tertiary/aromatic N) is 5. The van der Waals surface area contributed by atoms with Crippen molar-refractivity contribution < 1.29 is 9.53 Å². The maximum absolute atomic E-state index is 13.0. The van der Waals surface area contributed by atoms with Crippen molar-refractivity contribution >= 4 is 17.1 Å². The minimum Gasteiger partial charge on any atom is -0.444 e. The van der Waals surface area contributed by atoms with Gasteiger partial charge in [-0.3, -0.25) is 14.3 Å². The van der Waals surface area contributed by atoms with Gasteiger partial charge in [0.1, 0.15) is 17.1 Å². The van der Waals surface area contributed by atoms with Gasteiger partial charge in [0.15, 0.2) is 0 Å². The highest BCUT2D eigenvalue weighted by molar-refractivity contribution is 5.83. The van der Waals surface area contributed by atoms with Crippen molar-refractivity contribution in [3.63, 3.8) is 0 Å². The van der Waals surface area contributed by atoms with Gasteiger partial charge in [-0.05, 0) is 69.5 Å². The molecule has 0 spiro atoms. The van der Waals surface area contributed by atoms with E-state index in [1.165, 1.54) is 5.56 Å². The Hall–Kier alpha value is -3.94. The van der Waals surface area contributed by atoms with Gasteiger partial charge in [0.25, 0.3) is 5.56 Å². The number of aromatic nitrogens is 4. The van der Waals surface area contributed by atoms with Gasteiger partial charge in [-0.25, -0.2) is 9.78 Å². The Kier molecular flexibility index (Phi) is 5.90. The minimum atomic E-state index is -0.518. The lowest BCUT2D eigenvalue weighted by Crippen LogP contribution is -2.38. The van der Waals surface area contributed by atoms with E-state index in [0.717, 1.165) is 46.4 Å². The number of aryl methyl sites for hydroxylation is 2. The maximum Gasteiger partial charge on any atom is 0.410 e. The van der Waals surface area contributed by atoms with Crippen LogP contribution in [0.1, 0.15) is 37.6 Å². The fourth-order valence-corrected chi connectivity index (χ4v) is 4.72. The average molecular weight is 486 g/mol. The molecule has 8 nitrogen and oxygen atoms in total. The second-order valence-electron chi connectivity index (χ2n) is 10.3. The van der Waals surface area contributed by atoms with Crippen LogP contribution in [0.25, 0.3) is 28.1 Å². The Morgan fingerprint density at radius 1 is 1.06 bits per heavy atom. The first-order valence-corrected chi connectivity index (χ1v) is 12.2. The first-order chi connectivity index (χ1) is 17.1. The smallest absolute Gasteiger partial charge is 0.410 e.